The van der Waals surface area contributed by atoms with Gasteiger partial charge in [0.15, 0.2) is 0 Å². The first-order chi connectivity index (χ1) is 12.1. The van der Waals surface area contributed by atoms with Crippen LogP contribution in [0, 0.1) is 0 Å². The number of hydrogen-bond acceptors (Lipinski definition) is 5. The molecule has 2 amide bonds. The van der Waals surface area contributed by atoms with Crippen LogP contribution < -0.4 is 20.1 Å². The van der Waals surface area contributed by atoms with E-state index < -0.39 is 0 Å². The van der Waals surface area contributed by atoms with Gasteiger partial charge >= 0.3 is 0 Å². The van der Waals surface area contributed by atoms with Crippen molar-refractivity contribution in [3.63, 3.8) is 0 Å². The molecule has 0 fully saturated rings. The average molecular weight is 344 g/mol. The lowest BCUT2D eigenvalue weighted by Crippen LogP contribution is -2.23. The van der Waals surface area contributed by atoms with E-state index in [-0.39, 0.29) is 25.0 Å². The molecule has 0 heterocycles. The third-order valence-corrected chi connectivity index (χ3v) is 3.21. The van der Waals surface area contributed by atoms with Crippen LogP contribution in [-0.2, 0) is 14.3 Å². The van der Waals surface area contributed by atoms with Crippen molar-refractivity contribution >= 4 is 23.2 Å². The van der Waals surface area contributed by atoms with Crippen molar-refractivity contribution in [3.05, 3.63) is 48.5 Å². The zero-order chi connectivity index (χ0) is 18.1. The molecular weight excluding hydrogens is 324 g/mol. The van der Waals surface area contributed by atoms with Crippen molar-refractivity contribution in [3.8, 4) is 11.5 Å². The fourth-order valence-electron chi connectivity index (χ4n) is 1.98. The van der Waals surface area contributed by atoms with Crippen LogP contribution in [-0.4, -0.2) is 39.2 Å². The predicted molar refractivity (Wildman–Crippen MR) is 94.1 cm³/mol. The van der Waals surface area contributed by atoms with Gasteiger partial charge in [0.05, 0.1) is 14.2 Å². The van der Waals surface area contributed by atoms with Gasteiger partial charge in [0, 0.05) is 11.4 Å². The van der Waals surface area contributed by atoms with Gasteiger partial charge in [-0.05, 0) is 48.5 Å². The zero-order valence-corrected chi connectivity index (χ0v) is 14.1. The molecule has 0 aliphatic heterocycles. The van der Waals surface area contributed by atoms with Crippen molar-refractivity contribution in [1.29, 1.82) is 0 Å². The van der Waals surface area contributed by atoms with Gasteiger partial charge in [-0.3, -0.25) is 9.59 Å². The summed E-state index contributed by atoms with van der Waals surface area (Å²) in [5.41, 5.74) is 1.24. The number of amides is 2. The highest BCUT2D eigenvalue weighted by atomic mass is 16.5. The van der Waals surface area contributed by atoms with E-state index in [2.05, 4.69) is 10.6 Å². The first kappa shape index (κ1) is 18.3. The summed E-state index contributed by atoms with van der Waals surface area (Å²) < 4.78 is 15.2. The number of rotatable bonds is 8. The predicted octanol–water partition coefficient (Wildman–Crippen LogP) is 2.30. The monoisotopic (exact) mass is 344 g/mol. The fourth-order valence-corrected chi connectivity index (χ4v) is 1.98. The Morgan fingerprint density at radius 2 is 1.08 bits per heavy atom. The summed E-state index contributed by atoms with van der Waals surface area (Å²) in [7, 11) is 3.14. The molecule has 2 N–H and O–H groups in total. The molecule has 0 saturated carbocycles. The quantitative estimate of drug-likeness (QED) is 0.767. The highest BCUT2D eigenvalue weighted by Crippen LogP contribution is 2.15. The summed E-state index contributed by atoms with van der Waals surface area (Å²) in [6, 6.07) is 13.8. The van der Waals surface area contributed by atoms with E-state index in [1.165, 1.54) is 0 Å². The second kappa shape index (κ2) is 9.29. The van der Waals surface area contributed by atoms with Gasteiger partial charge in [-0.15, -0.1) is 0 Å². The molecule has 7 heteroatoms. The fraction of sp³-hybridized carbons (Fsp3) is 0.222. The molecule has 0 aliphatic rings. The summed E-state index contributed by atoms with van der Waals surface area (Å²) in [6.45, 7) is -0.440. The van der Waals surface area contributed by atoms with Crippen LogP contribution in [0.15, 0.2) is 48.5 Å². The number of benzene rings is 2. The topological polar surface area (TPSA) is 85.9 Å². The van der Waals surface area contributed by atoms with Gasteiger partial charge < -0.3 is 24.8 Å². The number of hydrogen-bond donors (Lipinski definition) is 2. The molecule has 7 nitrogen and oxygen atoms in total. The molecular formula is C18H20N2O5. The van der Waals surface area contributed by atoms with Crippen molar-refractivity contribution in [2.75, 3.05) is 38.1 Å². The van der Waals surface area contributed by atoms with E-state index in [1.54, 1.807) is 62.8 Å². The minimum Gasteiger partial charge on any atom is -0.497 e. The minimum atomic E-state index is -0.345. The van der Waals surface area contributed by atoms with E-state index in [0.29, 0.717) is 22.9 Å². The molecule has 0 unspecified atom stereocenters. The molecule has 0 atom stereocenters. The molecule has 0 aromatic heterocycles. The van der Waals surface area contributed by atoms with E-state index >= 15 is 0 Å². The molecule has 0 radical (unpaired) electrons. The van der Waals surface area contributed by atoms with E-state index in [4.69, 9.17) is 14.2 Å². The first-order valence-electron chi connectivity index (χ1n) is 7.56. The van der Waals surface area contributed by atoms with Crippen LogP contribution in [0.4, 0.5) is 11.4 Å². The maximum absolute atomic E-state index is 11.8. The summed E-state index contributed by atoms with van der Waals surface area (Å²) >= 11 is 0. The third-order valence-electron chi connectivity index (χ3n) is 3.21. The molecule has 0 bridgehead atoms. The van der Waals surface area contributed by atoms with Crippen molar-refractivity contribution in [2.24, 2.45) is 0 Å². The molecule has 0 saturated heterocycles. The molecule has 2 rings (SSSR count). The number of carbonyl (C=O) groups excluding carboxylic acids is 2. The van der Waals surface area contributed by atoms with Crippen molar-refractivity contribution in [2.45, 2.75) is 0 Å². The van der Waals surface area contributed by atoms with Crippen LogP contribution in [0.5, 0.6) is 11.5 Å². The molecule has 2 aromatic carbocycles. The van der Waals surface area contributed by atoms with Crippen LogP contribution in [0.25, 0.3) is 0 Å². The number of ether oxygens (including phenoxy) is 3. The standard InChI is InChI=1S/C18H20N2O5/c1-23-15-7-3-13(4-8-15)19-17(21)11-25-12-18(22)20-14-5-9-16(24-2)10-6-14/h3-10H,11-12H2,1-2H3,(H,19,21)(H,20,22). The van der Waals surface area contributed by atoms with Gasteiger partial charge in [-0.2, -0.15) is 0 Å². The molecule has 132 valence electrons. The third kappa shape index (κ3) is 6.15. The Morgan fingerprint density at radius 1 is 0.720 bits per heavy atom. The Bertz CT molecular complexity index is 637. The van der Waals surface area contributed by atoms with E-state index in [9.17, 15) is 9.59 Å². The summed E-state index contributed by atoms with van der Waals surface area (Å²) in [4.78, 5) is 23.5. The van der Waals surface area contributed by atoms with E-state index in [1.807, 2.05) is 0 Å². The lowest BCUT2D eigenvalue weighted by molar-refractivity contribution is -0.125. The smallest absolute Gasteiger partial charge is 0.250 e. The molecule has 2 aromatic rings. The van der Waals surface area contributed by atoms with Crippen LogP contribution in [0.2, 0.25) is 0 Å². The Kier molecular flexibility index (Phi) is 6.79. The van der Waals surface area contributed by atoms with Crippen LogP contribution >= 0.6 is 0 Å². The Morgan fingerprint density at radius 3 is 1.40 bits per heavy atom. The van der Waals surface area contributed by atoms with Crippen LogP contribution in [0.3, 0.4) is 0 Å². The second-order valence-electron chi connectivity index (χ2n) is 5.05. The van der Waals surface area contributed by atoms with Crippen molar-refractivity contribution < 1.29 is 23.8 Å². The first-order valence-corrected chi connectivity index (χ1v) is 7.56. The second-order valence-corrected chi connectivity index (χ2v) is 5.05. The maximum Gasteiger partial charge on any atom is 0.250 e. The zero-order valence-electron chi connectivity index (χ0n) is 14.1. The largest absolute Gasteiger partial charge is 0.497 e. The van der Waals surface area contributed by atoms with Gasteiger partial charge in [-0.25, -0.2) is 0 Å². The number of carbonyl (C=O) groups is 2. The lowest BCUT2D eigenvalue weighted by atomic mass is 10.3. The SMILES string of the molecule is COc1ccc(NC(=O)COCC(=O)Nc2ccc(OC)cc2)cc1. The summed E-state index contributed by atoms with van der Waals surface area (Å²) in [6.07, 6.45) is 0. The van der Waals surface area contributed by atoms with Gasteiger partial charge in [0.25, 0.3) is 0 Å². The van der Waals surface area contributed by atoms with Gasteiger partial charge in [-0.1, -0.05) is 0 Å². The lowest BCUT2D eigenvalue weighted by Gasteiger charge is -2.08. The Hall–Kier alpha value is -3.06. The Labute approximate surface area is 145 Å². The molecule has 0 aliphatic carbocycles. The maximum atomic E-state index is 11.8. The minimum absolute atomic E-state index is 0.220. The van der Waals surface area contributed by atoms with Crippen molar-refractivity contribution in [1.82, 2.24) is 0 Å². The van der Waals surface area contributed by atoms with Gasteiger partial charge in [0.2, 0.25) is 11.8 Å². The molecule has 25 heavy (non-hydrogen) atoms. The van der Waals surface area contributed by atoms with E-state index in [0.717, 1.165) is 0 Å². The number of methoxy groups -OCH3 is 2. The highest BCUT2D eigenvalue weighted by molar-refractivity contribution is 5.93. The summed E-state index contributed by atoms with van der Waals surface area (Å²) in [5.74, 6) is 0.707. The summed E-state index contributed by atoms with van der Waals surface area (Å²) in [5, 5.41) is 5.33. The van der Waals surface area contributed by atoms with Crippen LogP contribution in [0.1, 0.15) is 0 Å². The normalized spacial score (nSPS) is 10.0. The molecule has 0 spiro atoms. The number of anilines is 2. The number of nitrogens with one attached hydrogen (secondary N) is 2. The highest BCUT2D eigenvalue weighted by Gasteiger charge is 2.07. The van der Waals surface area contributed by atoms with Gasteiger partial charge in [0.1, 0.15) is 24.7 Å². The average Bonchev–Trinajstić information content (AvgIpc) is 2.63. The Balaban J connectivity index is 1.69.